The lowest BCUT2D eigenvalue weighted by atomic mass is 9.97. The molecule has 0 bridgehead atoms. The van der Waals surface area contributed by atoms with Crippen LogP contribution in [0.1, 0.15) is 19.3 Å². The largest absolute Gasteiger partial charge is 0.381 e. The van der Waals surface area contributed by atoms with Gasteiger partial charge in [0.1, 0.15) is 0 Å². The van der Waals surface area contributed by atoms with E-state index < -0.39 is 0 Å². The Morgan fingerprint density at radius 3 is 2.94 bits per heavy atom. The average molecular weight is 241 g/mol. The van der Waals surface area contributed by atoms with Crippen molar-refractivity contribution in [2.75, 3.05) is 53.0 Å². The fourth-order valence-electron chi connectivity index (χ4n) is 2.70. The lowest BCUT2D eigenvalue weighted by Gasteiger charge is -2.33. The summed E-state index contributed by atoms with van der Waals surface area (Å²) in [4.78, 5) is 2.46. The van der Waals surface area contributed by atoms with Crippen LogP contribution >= 0.6 is 0 Å². The molecule has 1 unspecified atom stereocenters. The van der Waals surface area contributed by atoms with Gasteiger partial charge in [0.05, 0.1) is 0 Å². The molecule has 2 rings (SSSR count). The van der Waals surface area contributed by atoms with Crippen LogP contribution in [0.15, 0.2) is 0 Å². The van der Waals surface area contributed by atoms with Crippen LogP contribution in [0.3, 0.4) is 0 Å². The van der Waals surface area contributed by atoms with Crippen molar-refractivity contribution in [2.45, 2.75) is 25.3 Å². The Hall–Kier alpha value is -0.160. The fraction of sp³-hybridized carbons (Fsp3) is 1.00. The molecule has 0 aromatic heterocycles. The molecule has 0 aliphatic carbocycles. The van der Waals surface area contributed by atoms with Crippen molar-refractivity contribution in [2.24, 2.45) is 5.92 Å². The predicted octanol–water partition coefficient (Wildman–Crippen LogP) is 0.296. The lowest BCUT2D eigenvalue weighted by Crippen LogP contribution is -2.53. The summed E-state index contributed by atoms with van der Waals surface area (Å²) >= 11 is 0. The zero-order chi connectivity index (χ0) is 11.9. The standard InChI is InChI=1S/C13H27N3O/c1-16-7-6-15-11-13(16)10-14-5-2-12-3-8-17-9-4-12/h12-15H,2-11H2,1H3. The maximum absolute atomic E-state index is 5.38. The molecular weight excluding hydrogens is 214 g/mol. The van der Waals surface area contributed by atoms with Crippen LogP contribution in [0.5, 0.6) is 0 Å². The summed E-state index contributed by atoms with van der Waals surface area (Å²) in [6.45, 7) is 7.66. The van der Waals surface area contributed by atoms with E-state index in [0.29, 0.717) is 6.04 Å². The van der Waals surface area contributed by atoms with Crippen molar-refractivity contribution < 1.29 is 4.74 Å². The van der Waals surface area contributed by atoms with Crippen molar-refractivity contribution in [3.63, 3.8) is 0 Å². The molecule has 0 spiro atoms. The first-order valence-corrected chi connectivity index (χ1v) is 7.05. The van der Waals surface area contributed by atoms with E-state index in [1.807, 2.05) is 0 Å². The molecule has 0 amide bonds. The number of piperazine rings is 1. The first kappa shape index (κ1) is 13.3. The van der Waals surface area contributed by atoms with Gasteiger partial charge in [-0.05, 0) is 38.8 Å². The zero-order valence-corrected chi connectivity index (χ0v) is 11.1. The van der Waals surface area contributed by atoms with Crippen LogP contribution in [0.2, 0.25) is 0 Å². The van der Waals surface area contributed by atoms with Gasteiger partial charge in [-0.15, -0.1) is 0 Å². The Morgan fingerprint density at radius 1 is 1.35 bits per heavy atom. The Labute approximate surface area is 105 Å². The van der Waals surface area contributed by atoms with E-state index in [1.165, 1.54) is 25.8 Å². The summed E-state index contributed by atoms with van der Waals surface area (Å²) in [7, 11) is 2.23. The van der Waals surface area contributed by atoms with Crippen molar-refractivity contribution in [3.8, 4) is 0 Å². The molecule has 1 atom stereocenters. The molecule has 0 radical (unpaired) electrons. The van der Waals surface area contributed by atoms with Crippen molar-refractivity contribution in [3.05, 3.63) is 0 Å². The Morgan fingerprint density at radius 2 is 2.18 bits per heavy atom. The molecule has 0 aromatic carbocycles. The van der Waals surface area contributed by atoms with Gasteiger partial charge in [0, 0.05) is 45.4 Å². The number of hydrogen-bond donors (Lipinski definition) is 2. The molecular formula is C13H27N3O. The van der Waals surface area contributed by atoms with Crippen LogP contribution in [0, 0.1) is 5.92 Å². The molecule has 2 saturated heterocycles. The van der Waals surface area contributed by atoms with Crippen LogP contribution in [0.4, 0.5) is 0 Å². The molecule has 2 aliphatic heterocycles. The normalized spacial score (nSPS) is 28.4. The number of rotatable bonds is 5. The second kappa shape index (κ2) is 7.31. The topological polar surface area (TPSA) is 36.5 Å². The Bertz CT molecular complexity index is 207. The molecule has 4 nitrogen and oxygen atoms in total. The summed E-state index contributed by atoms with van der Waals surface area (Å²) in [6.07, 6.45) is 3.83. The highest BCUT2D eigenvalue weighted by Crippen LogP contribution is 2.17. The Kier molecular flexibility index (Phi) is 5.71. The van der Waals surface area contributed by atoms with Gasteiger partial charge in [-0.1, -0.05) is 0 Å². The monoisotopic (exact) mass is 241 g/mol. The summed E-state index contributed by atoms with van der Waals surface area (Å²) < 4.78 is 5.38. The van der Waals surface area contributed by atoms with Crippen LogP contribution in [-0.4, -0.2) is 63.9 Å². The second-order valence-electron chi connectivity index (χ2n) is 5.39. The number of likely N-dealkylation sites (N-methyl/N-ethyl adjacent to an activating group) is 1. The first-order chi connectivity index (χ1) is 8.36. The minimum atomic E-state index is 0.665. The molecule has 2 heterocycles. The van der Waals surface area contributed by atoms with Gasteiger partial charge in [0.15, 0.2) is 0 Å². The lowest BCUT2D eigenvalue weighted by molar-refractivity contribution is 0.0637. The highest BCUT2D eigenvalue weighted by Gasteiger charge is 2.18. The minimum absolute atomic E-state index is 0.665. The van der Waals surface area contributed by atoms with Gasteiger partial charge in [-0.25, -0.2) is 0 Å². The van der Waals surface area contributed by atoms with E-state index in [1.54, 1.807) is 0 Å². The van der Waals surface area contributed by atoms with Gasteiger partial charge in [-0.3, -0.25) is 4.90 Å². The molecule has 2 fully saturated rings. The van der Waals surface area contributed by atoms with Gasteiger partial charge in [0.25, 0.3) is 0 Å². The molecule has 4 heteroatoms. The smallest absolute Gasteiger partial charge is 0.0468 e. The minimum Gasteiger partial charge on any atom is -0.381 e. The molecule has 2 aliphatic rings. The van der Waals surface area contributed by atoms with E-state index in [4.69, 9.17) is 4.74 Å². The molecule has 2 N–H and O–H groups in total. The van der Waals surface area contributed by atoms with Crippen molar-refractivity contribution in [1.29, 1.82) is 0 Å². The molecule has 0 aromatic rings. The van der Waals surface area contributed by atoms with Crippen molar-refractivity contribution >= 4 is 0 Å². The highest BCUT2D eigenvalue weighted by atomic mass is 16.5. The van der Waals surface area contributed by atoms with E-state index in [9.17, 15) is 0 Å². The number of nitrogens with zero attached hydrogens (tertiary/aromatic N) is 1. The van der Waals surface area contributed by atoms with Crippen LogP contribution < -0.4 is 10.6 Å². The van der Waals surface area contributed by atoms with E-state index in [0.717, 1.165) is 45.3 Å². The van der Waals surface area contributed by atoms with Gasteiger partial charge in [0.2, 0.25) is 0 Å². The van der Waals surface area contributed by atoms with E-state index in [-0.39, 0.29) is 0 Å². The van der Waals surface area contributed by atoms with Crippen LogP contribution in [-0.2, 0) is 4.74 Å². The van der Waals surface area contributed by atoms with E-state index >= 15 is 0 Å². The van der Waals surface area contributed by atoms with Crippen LogP contribution in [0.25, 0.3) is 0 Å². The molecule has 0 saturated carbocycles. The first-order valence-electron chi connectivity index (χ1n) is 7.05. The maximum atomic E-state index is 5.38. The van der Waals surface area contributed by atoms with Crippen molar-refractivity contribution in [1.82, 2.24) is 15.5 Å². The fourth-order valence-corrected chi connectivity index (χ4v) is 2.70. The number of nitrogens with one attached hydrogen (secondary N) is 2. The third-order valence-electron chi connectivity index (χ3n) is 4.09. The quantitative estimate of drug-likeness (QED) is 0.679. The van der Waals surface area contributed by atoms with Gasteiger partial charge < -0.3 is 15.4 Å². The van der Waals surface area contributed by atoms with Gasteiger partial charge in [-0.2, -0.15) is 0 Å². The Balaban J connectivity index is 1.53. The third kappa shape index (κ3) is 4.54. The number of hydrogen-bond acceptors (Lipinski definition) is 4. The average Bonchev–Trinajstić information content (AvgIpc) is 2.38. The highest BCUT2D eigenvalue weighted by molar-refractivity contribution is 4.79. The molecule has 17 heavy (non-hydrogen) atoms. The SMILES string of the molecule is CN1CCNCC1CNCCC1CCOCC1. The second-order valence-corrected chi connectivity index (χ2v) is 5.39. The van der Waals surface area contributed by atoms with Gasteiger partial charge >= 0.3 is 0 Å². The summed E-state index contributed by atoms with van der Waals surface area (Å²) in [5.74, 6) is 0.887. The predicted molar refractivity (Wildman–Crippen MR) is 70.3 cm³/mol. The third-order valence-corrected chi connectivity index (χ3v) is 4.09. The zero-order valence-electron chi connectivity index (χ0n) is 11.1. The molecule has 100 valence electrons. The summed E-state index contributed by atoms with van der Waals surface area (Å²) in [5, 5.41) is 7.07. The maximum Gasteiger partial charge on any atom is 0.0468 e. The summed E-state index contributed by atoms with van der Waals surface area (Å²) in [5.41, 5.74) is 0. The number of ether oxygens (including phenoxy) is 1. The summed E-state index contributed by atoms with van der Waals surface area (Å²) in [6, 6.07) is 0.665. The van der Waals surface area contributed by atoms with E-state index in [2.05, 4.69) is 22.6 Å².